The standard InChI is InChI=1S/C16H13NO4/c1-21-11-6-13-15(14(19)7-11)16(20)12(8-17-13)9-3-2-4-10(18)5-9/h2-8,18-19H,1H3,(H,17,20). The molecule has 0 atom stereocenters. The van der Waals surface area contributed by atoms with Gasteiger partial charge < -0.3 is 19.9 Å². The number of aromatic hydroxyl groups is 2. The lowest BCUT2D eigenvalue weighted by molar-refractivity contribution is 0.409. The Bertz CT molecular complexity index is 883. The number of aromatic nitrogens is 1. The van der Waals surface area contributed by atoms with Crippen molar-refractivity contribution in [2.45, 2.75) is 0 Å². The van der Waals surface area contributed by atoms with E-state index in [0.29, 0.717) is 22.4 Å². The zero-order chi connectivity index (χ0) is 15.0. The highest BCUT2D eigenvalue weighted by atomic mass is 16.5. The number of ether oxygens (including phenoxy) is 1. The smallest absolute Gasteiger partial charge is 0.200 e. The molecule has 0 bridgehead atoms. The van der Waals surface area contributed by atoms with Gasteiger partial charge in [-0.05, 0) is 17.7 Å². The van der Waals surface area contributed by atoms with Gasteiger partial charge in [-0.3, -0.25) is 4.79 Å². The number of phenolic OH excluding ortho intramolecular Hbond substituents is 2. The Morgan fingerprint density at radius 2 is 1.95 bits per heavy atom. The van der Waals surface area contributed by atoms with E-state index in [0.717, 1.165) is 0 Å². The molecular formula is C16H13NO4. The molecule has 0 aliphatic carbocycles. The molecule has 1 aromatic heterocycles. The number of nitrogens with one attached hydrogen (secondary N) is 1. The highest BCUT2D eigenvalue weighted by Crippen LogP contribution is 2.29. The van der Waals surface area contributed by atoms with Crippen LogP contribution >= 0.6 is 0 Å². The van der Waals surface area contributed by atoms with E-state index in [4.69, 9.17) is 4.74 Å². The quantitative estimate of drug-likeness (QED) is 0.675. The molecule has 0 amide bonds. The van der Waals surface area contributed by atoms with Crippen molar-refractivity contribution in [1.82, 2.24) is 4.98 Å². The molecule has 0 unspecified atom stereocenters. The minimum Gasteiger partial charge on any atom is -0.508 e. The van der Waals surface area contributed by atoms with E-state index in [-0.39, 0.29) is 22.3 Å². The summed E-state index contributed by atoms with van der Waals surface area (Å²) in [5, 5.41) is 19.8. The molecule has 0 aliphatic heterocycles. The number of H-pyrrole nitrogens is 1. The highest BCUT2D eigenvalue weighted by molar-refractivity contribution is 5.89. The summed E-state index contributed by atoms with van der Waals surface area (Å²) in [5.74, 6) is 0.388. The van der Waals surface area contributed by atoms with Gasteiger partial charge in [0.15, 0.2) is 0 Å². The molecule has 3 aromatic rings. The summed E-state index contributed by atoms with van der Waals surface area (Å²) in [6, 6.07) is 9.43. The summed E-state index contributed by atoms with van der Waals surface area (Å²) in [4.78, 5) is 15.5. The average Bonchev–Trinajstić information content (AvgIpc) is 2.47. The summed E-state index contributed by atoms with van der Waals surface area (Å²) in [5.41, 5.74) is 1.13. The van der Waals surface area contributed by atoms with Gasteiger partial charge in [-0.2, -0.15) is 0 Å². The van der Waals surface area contributed by atoms with Gasteiger partial charge in [-0.15, -0.1) is 0 Å². The summed E-state index contributed by atoms with van der Waals surface area (Å²) in [6.45, 7) is 0. The van der Waals surface area contributed by atoms with E-state index < -0.39 is 0 Å². The van der Waals surface area contributed by atoms with Crippen LogP contribution in [0.25, 0.3) is 22.0 Å². The number of rotatable bonds is 2. The molecule has 0 saturated carbocycles. The first kappa shape index (κ1) is 13.1. The number of fused-ring (bicyclic) bond motifs is 1. The number of benzene rings is 2. The Hall–Kier alpha value is -2.95. The second-order valence-corrected chi connectivity index (χ2v) is 4.65. The number of aromatic amines is 1. The van der Waals surface area contributed by atoms with Crippen LogP contribution in [0.4, 0.5) is 0 Å². The summed E-state index contributed by atoms with van der Waals surface area (Å²) < 4.78 is 5.06. The fraction of sp³-hybridized carbons (Fsp3) is 0.0625. The van der Waals surface area contributed by atoms with Crippen molar-refractivity contribution in [1.29, 1.82) is 0 Å². The van der Waals surface area contributed by atoms with Gasteiger partial charge in [-0.25, -0.2) is 0 Å². The van der Waals surface area contributed by atoms with E-state index in [1.54, 1.807) is 24.4 Å². The minimum absolute atomic E-state index is 0.0750. The molecule has 0 saturated heterocycles. The first-order chi connectivity index (χ1) is 10.1. The van der Waals surface area contributed by atoms with Crippen molar-refractivity contribution in [3.63, 3.8) is 0 Å². The monoisotopic (exact) mass is 283 g/mol. The molecule has 5 heteroatoms. The van der Waals surface area contributed by atoms with Gasteiger partial charge in [-0.1, -0.05) is 12.1 Å². The summed E-state index contributed by atoms with van der Waals surface area (Å²) >= 11 is 0. The lowest BCUT2D eigenvalue weighted by Crippen LogP contribution is -2.06. The van der Waals surface area contributed by atoms with Crippen molar-refractivity contribution in [3.05, 3.63) is 52.8 Å². The van der Waals surface area contributed by atoms with Crippen LogP contribution in [0.5, 0.6) is 17.2 Å². The van der Waals surface area contributed by atoms with Crippen LogP contribution in [0.15, 0.2) is 47.4 Å². The largest absolute Gasteiger partial charge is 0.508 e. The molecule has 106 valence electrons. The molecule has 5 nitrogen and oxygen atoms in total. The van der Waals surface area contributed by atoms with E-state index in [9.17, 15) is 15.0 Å². The number of hydrogen-bond donors (Lipinski definition) is 3. The van der Waals surface area contributed by atoms with Gasteiger partial charge in [0, 0.05) is 23.9 Å². The first-order valence-corrected chi connectivity index (χ1v) is 6.32. The first-order valence-electron chi connectivity index (χ1n) is 6.32. The molecule has 21 heavy (non-hydrogen) atoms. The maximum absolute atomic E-state index is 12.6. The fourth-order valence-electron chi connectivity index (χ4n) is 2.31. The molecule has 0 radical (unpaired) electrons. The van der Waals surface area contributed by atoms with Gasteiger partial charge in [0.25, 0.3) is 0 Å². The van der Waals surface area contributed by atoms with Crippen molar-refractivity contribution in [2.24, 2.45) is 0 Å². The van der Waals surface area contributed by atoms with Crippen LogP contribution in [0.3, 0.4) is 0 Å². The highest BCUT2D eigenvalue weighted by Gasteiger charge is 2.12. The molecule has 3 rings (SSSR count). The fourth-order valence-corrected chi connectivity index (χ4v) is 2.31. The normalized spacial score (nSPS) is 10.7. The topological polar surface area (TPSA) is 82.6 Å². The third-order valence-electron chi connectivity index (χ3n) is 3.33. The molecule has 2 aromatic carbocycles. The van der Waals surface area contributed by atoms with Gasteiger partial charge in [0.1, 0.15) is 17.2 Å². The third kappa shape index (κ3) is 2.18. The number of methoxy groups -OCH3 is 1. The zero-order valence-electron chi connectivity index (χ0n) is 11.3. The molecule has 1 heterocycles. The lowest BCUT2D eigenvalue weighted by Gasteiger charge is -2.07. The van der Waals surface area contributed by atoms with Crippen LogP contribution in [0.1, 0.15) is 0 Å². The minimum atomic E-state index is -0.311. The van der Waals surface area contributed by atoms with Crippen molar-refractivity contribution < 1.29 is 14.9 Å². The SMILES string of the molecule is COc1cc(O)c2c(=O)c(-c3cccc(O)c3)c[nH]c2c1. The summed E-state index contributed by atoms with van der Waals surface area (Å²) in [7, 11) is 1.49. The van der Waals surface area contributed by atoms with E-state index >= 15 is 0 Å². The van der Waals surface area contributed by atoms with Crippen LogP contribution < -0.4 is 10.2 Å². The second-order valence-electron chi connectivity index (χ2n) is 4.65. The Kier molecular flexibility index (Phi) is 3.02. The Balaban J connectivity index is 2.31. The van der Waals surface area contributed by atoms with E-state index in [1.807, 2.05) is 0 Å². The van der Waals surface area contributed by atoms with Gasteiger partial charge in [0.05, 0.1) is 18.0 Å². The Morgan fingerprint density at radius 3 is 2.67 bits per heavy atom. The molecule has 3 N–H and O–H groups in total. The number of pyridine rings is 1. The Morgan fingerprint density at radius 1 is 1.14 bits per heavy atom. The predicted molar refractivity (Wildman–Crippen MR) is 79.9 cm³/mol. The second kappa shape index (κ2) is 4.86. The van der Waals surface area contributed by atoms with Crippen molar-refractivity contribution in [2.75, 3.05) is 7.11 Å². The number of phenols is 2. The van der Waals surface area contributed by atoms with Gasteiger partial charge >= 0.3 is 0 Å². The average molecular weight is 283 g/mol. The van der Waals surface area contributed by atoms with Crippen LogP contribution in [0.2, 0.25) is 0 Å². The number of hydrogen-bond acceptors (Lipinski definition) is 4. The molecule has 0 spiro atoms. The molecule has 0 aliphatic rings. The predicted octanol–water partition coefficient (Wildman–Crippen LogP) is 2.61. The maximum atomic E-state index is 12.6. The van der Waals surface area contributed by atoms with Crippen molar-refractivity contribution in [3.8, 4) is 28.4 Å². The van der Waals surface area contributed by atoms with Crippen LogP contribution in [-0.4, -0.2) is 22.3 Å². The van der Waals surface area contributed by atoms with Gasteiger partial charge in [0.2, 0.25) is 5.43 Å². The Labute approximate surface area is 120 Å². The van der Waals surface area contributed by atoms with Crippen molar-refractivity contribution >= 4 is 10.9 Å². The van der Waals surface area contributed by atoms with E-state index in [2.05, 4.69) is 4.98 Å². The maximum Gasteiger partial charge on any atom is 0.200 e. The zero-order valence-corrected chi connectivity index (χ0v) is 11.3. The lowest BCUT2D eigenvalue weighted by atomic mass is 10.0. The molecular weight excluding hydrogens is 270 g/mol. The molecule has 0 fully saturated rings. The van der Waals surface area contributed by atoms with E-state index in [1.165, 1.54) is 25.3 Å². The third-order valence-corrected chi connectivity index (χ3v) is 3.33. The summed E-state index contributed by atoms with van der Waals surface area (Å²) in [6.07, 6.45) is 1.55. The van der Waals surface area contributed by atoms with Crippen LogP contribution in [-0.2, 0) is 0 Å². The van der Waals surface area contributed by atoms with Crippen LogP contribution in [0, 0.1) is 0 Å².